The standard InChI is InChI=1S/C17H13ClN2O5/c18-12-3-4-13-10(7-12)6-11(8-23-13)17(21)24-9-15-19-20-16(25-15)14-2-1-5-22-14/h1-5,7,11H,6,8-9H2/t11-/m0/s1. The predicted molar refractivity (Wildman–Crippen MR) is 85.9 cm³/mol. The van der Waals surface area contributed by atoms with E-state index in [4.69, 9.17) is 29.9 Å². The van der Waals surface area contributed by atoms with Crippen LogP contribution >= 0.6 is 11.6 Å². The Hall–Kier alpha value is -2.80. The first-order valence-corrected chi connectivity index (χ1v) is 8.01. The van der Waals surface area contributed by atoms with E-state index in [2.05, 4.69) is 10.2 Å². The zero-order valence-electron chi connectivity index (χ0n) is 13.0. The zero-order valence-corrected chi connectivity index (χ0v) is 13.7. The topological polar surface area (TPSA) is 87.6 Å². The molecule has 0 saturated carbocycles. The summed E-state index contributed by atoms with van der Waals surface area (Å²) in [7, 11) is 0. The van der Waals surface area contributed by atoms with Crippen molar-refractivity contribution in [2.45, 2.75) is 13.0 Å². The molecule has 0 saturated heterocycles. The number of carbonyl (C=O) groups excluding carboxylic acids is 1. The van der Waals surface area contributed by atoms with Crippen LogP contribution in [0.15, 0.2) is 45.4 Å². The van der Waals surface area contributed by atoms with Crippen molar-refractivity contribution in [2.24, 2.45) is 5.92 Å². The summed E-state index contributed by atoms with van der Waals surface area (Å²) in [4.78, 5) is 12.3. The molecule has 1 aliphatic heterocycles. The number of carbonyl (C=O) groups is 1. The summed E-state index contributed by atoms with van der Waals surface area (Å²) in [5.74, 6) is 0.843. The Morgan fingerprint density at radius 2 is 2.24 bits per heavy atom. The molecule has 0 unspecified atom stereocenters. The van der Waals surface area contributed by atoms with Crippen molar-refractivity contribution in [3.63, 3.8) is 0 Å². The molecule has 0 radical (unpaired) electrons. The third kappa shape index (κ3) is 3.36. The Balaban J connectivity index is 1.37. The SMILES string of the molecule is O=C(OCc1nnc(-c2ccco2)o1)[C@@H]1COc2ccc(Cl)cc2C1. The molecule has 0 aliphatic carbocycles. The number of hydrogen-bond acceptors (Lipinski definition) is 7. The van der Waals surface area contributed by atoms with Crippen molar-refractivity contribution in [1.82, 2.24) is 10.2 Å². The Labute approximate surface area is 147 Å². The van der Waals surface area contributed by atoms with Crippen molar-refractivity contribution in [1.29, 1.82) is 0 Å². The van der Waals surface area contributed by atoms with Gasteiger partial charge in [0.15, 0.2) is 12.4 Å². The van der Waals surface area contributed by atoms with Gasteiger partial charge < -0.3 is 18.3 Å². The highest BCUT2D eigenvalue weighted by molar-refractivity contribution is 6.30. The number of esters is 1. The normalized spacial score (nSPS) is 16.1. The lowest BCUT2D eigenvalue weighted by Gasteiger charge is -2.23. The van der Waals surface area contributed by atoms with E-state index in [0.29, 0.717) is 17.2 Å². The van der Waals surface area contributed by atoms with Gasteiger partial charge in [0.2, 0.25) is 0 Å². The van der Waals surface area contributed by atoms with Gasteiger partial charge >= 0.3 is 5.97 Å². The van der Waals surface area contributed by atoms with Gasteiger partial charge in [0.25, 0.3) is 11.8 Å². The second kappa shape index (κ2) is 6.60. The summed E-state index contributed by atoms with van der Waals surface area (Å²) in [5.41, 5.74) is 0.888. The van der Waals surface area contributed by atoms with Gasteiger partial charge in [-0.2, -0.15) is 0 Å². The van der Waals surface area contributed by atoms with E-state index in [-0.39, 0.29) is 31.0 Å². The Kier molecular flexibility index (Phi) is 4.15. The molecule has 3 aromatic rings. The van der Waals surface area contributed by atoms with Crippen molar-refractivity contribution in [3.8, 4) is 17.4 Å². The van der Waals surface area contributed by atoms with Gasteiger partial charge in [0.1, 0.15) is 12.4 Å². The second-order valence-corrected chi connectivity index (χ2v) is 5.99. The number of furan rings is 1. The summed E-state index contributed by atoms with van der Waals surface area (Å²) < 4.78 is 21.4. The molecule has 4 rings (SSSR count). The lowest BCUT2D eigenvalue weighted by molar-refractivity contribution is -0.152. The van der Waals surface area contributed by atoms with Crippen LogP contribution in [0.5, 0.6) is 5.75 Å². The number of hydrogen-bond donors (Lipinski definition) is 0. The van der Waals surface area contributed by atoms with E-state index < -0.39 is 5.92 Å². The smallest absolute Gasteiger partial charge is 0.313 e. The fraction of sp³-hybridized carbons (Fsp3) is 0.235. The van der Waals surface area contributed by atoms with Gasteiger partial charge in [0, 0.05) is 5.02 Å². The molecule has 0 amide bonds. The van der Waals surface area contributed by atoms with E-state index in [1.165, 1.54) is 6.26 Å². The van der Waals surface area contributed by atoms with Gasteiger partial charge in [-0.05, 0) is 42.3 Å². The first-order valence-electron chi connectivity index (χ1n) is 7.63. The quantitative estimate of drug-likeness (QED) is 0.660. The average molecular weight is 361 g/mol. The summed E-state index contributed by atoms with van der Waals surface area (Å²) in [5, 5.41) is 8.29. The van der Waals surface area contributed by atoms with Crippen LogP contribution < -0.4 is 4.74 Å². The second-order valence-electron chi connectivity index (χ2n) is 5.55. The third-order valence-electron chi connectivity index (χ3n) is 3.80. The minimum Gasteiger partial charge on any atom is -0.492 e. The minimum absolute atomic E-state index is 0.106. The zero-order chi connectivity index (χ0) is 17.2. The maximum absolute atomic E-state index is 12.3. The maximum atomic E-state index is 12.3. The van der Waals surface area contributed by atoms with Crippen molar-refractivity contribution in [2.75, 3.05) is 6.61 Å². The molecule has 7 nitrogen and oxygen atoms in total. The largest absolute Gasteiger partial charge is 0.492 e. The molecular formula is C17H13ClN2O5. The van der Waals surface area contributed by atoms with E-state index in [1.807, 2.05) is 0 Å². The summed E-state index contributed by atoms with van der Waals surface area (Å²) in [6.45, 7) is 0.153. The maximum Gasteiger partial charge on any atom is 0.313 e. The number of rotatable bonds is 4. The molecule has 0 bridgehead atoms. The molecule has 25 heavy (non-hydrogen) atoms. The number of aromatic nitrogens is 2. The monoisotopic (exact) mass is 360 g/mol. The van der Waals surface area contributed by atoms with Crippen LogP contribution in [0.3, 0.4) is 0 Å². The molecular weight excluding hydrogens is 348 g/mol. The van der Waals surface area contributed by atoms with E-state index in [0.717, 1.165) is 11.3 Å². The van der Waals surface area contributed by atoms with Gasteiger partial charge in [-0.15, -0.1) is 10.2 Å². The van der Waals surface area contributed by atoms with Crippen LogP contribution in [0.2, 0.25) is 5.02 Å². The van der Waals surface area contributed by atoms with E-state index in [1.54, 1.807) is 30.3 Å². The number of ether oxygens (including phenoxy) is 2. The Morgan fingerprint density at radius 1 is 1.32 bits per heavy atom. The van der Waals surface area contributed by atoms with Crippen LogP contribution in [0.25, 0.3) is 11.7 Å². The fourth-order valence-corrected chi connectivity index (χ4v) is 2.77. The van der Waals surface area contributed by atoms with Gasteiger partial charge in [-0.1, -0.05) is 11.6 Å². The summed E-state index contributed by atoms with van der Waals surface area (Å²) in [6.07, 6.45) is 2.02. The van der Waals surface area contributed by atoms with Crippen LogP contribution in [-0.4, -0.2) is 22.8 Å². The van der Waals surface area contributed by atoms with Crippen molar-refractivity contribution in [3.05, 3.63) is 53.1 Å². The Bertz CT molecular complexity index is 890. The molecule has 3 heterocycles. The predicted octanol–water partition coefficient (Wildman–Crippen LogP) is 3.28. The molecule has 2 aromatic heterocycles. The molecule has 0 spiro atoms. The van der Waals surface area contributed by atoms with Gasteiger partial charge in [-0.25, -0.2) is 0 Å². The number of nitrogens with zero attached hydrogens (tertiary/aromatic N) is 2. The molecule has 1 aromatic carbocycles. The lowest BCUT2D eigenvalue weighted by Crippen LogP contribution is -2.29. The number of fused-ring (bicyclic) bond motifs is 1. The van der Waals surface area contributed by atoms with Crippen LogP contribution in [-0.2, 0) is 22.6 Å². The Morgan fingerprint density at radius 3 is 3.08 bits per heavy atom. The molecule has 1 atom stereocenters. The first kappa shape index (κ1) is 15.7. The minimum atomic E-state index is -0.404. The average Bonchev–Trinajstić information content (AvgIpc) is 3.30. The highest BCUT2D eigenvalue weighted by atomic mass is 35.5. The fourth-order valence-electron chi connectivity index (χ4n) is 2.58. The molecule has 0 fully saturated rings. The van der Waals surface area contributed by atoms with Crippen LogP contribution in [0, 0.1) is 5.92 Å². The lowest BCUT2D eigenvalue weighted by atomic mass is 9.97. The van der Waals surface area contributed by atoms with Gasteiger partial charge in [0.05, 0.1) is 12.2 Å². The van der Waals surface area contributed by atoms with Gasteiger partial charge in [-0.3, -0.25) is 4.79 Å². The van der Waals surface area contributed by atoms with E-state index in [9.17, 15) is 4.79 Å². The van der Waals surface area contributed by atoms with Crippen LogP contribution in [0.1, 0.15) is 11.5 Å². The summed E-state index contributed by atoms with van der Waals surface area (Å²) in [6, 6.07) is 8.76. The molecule has 128 valence electrons. The number of halogens is 1. The number of benzene rings is 1. The van der Waals surface area contributed by atoms with Crippen molar-refractivity contribution < 1.29 is 23.1 Å². The molecule has 0 N–H and O–H groups in total. The van der Waals surface area contributed by atoms with Crippen molar-refractivity contribution >= 4 is 17.6 Å². The first-order chi connectivity index (χ1) is 12.2. The van der Waals surface area contributed by atoms with E-state index >= 15 is 0 Å². The molecule has 8 heteroatoms. The highest BCUT2D eigenvalue weighted by Gasteiger charge is 2.28. The summed E-state index contributed by atoms with van der Waals surface area (Å²) >= 11 is 5.98. The van der Waals surface area contributed by atoms with Crippen LogP contribution in [0.4, 0.5) is 0 Å². The molecule has 1 aliphatic rings. The third-order valence-corrected chi connectivity index (χ3v) is 4.03. The highest BCUT2D eigenvalue weighted by Crippen LogP contribution is 2.30.